The maximum Gasteiger partial charge on any atom is 0.573 e. The van der Waals surface area contributed by atoms with Crippen molar-refractivity contribution < 1.29 is 45.0 Å². The average molecular weight is 575 g/mol. The Hall–Kier alpha value is -3.08. The molecule has 2 aromatic carbocycles. The van der Waals surface area contributed by atoms with E-state index in [4.69, 9.17) is 4.42 Å². The lowest BCUT2D eigenvalue weighted by molar-refractivity contribution is -0.274. The molecule has 0 saturated carbocycles. The van der Waals surface area contributed by atoms with Crippen LogP contribution in [0.5, 0.6) is 5.75 Å². The first-order valence-electron chi connectivity index (χ1n) is 12.2. The topological polar surface area (TPSA) is 48.7 Å². The monoisotopic (exact) mass is 574 g/mol. The summed E-state index contributed by atoms with van der Waals surface area (Å²) in [5.41, 5.74) is -1.24. The van der Waals surface area contributed by atoms with E-state index in [1.807, 2.05) is 6.92 Å². The van der Waals surface area contributed by atoms with E-state index >= 15 is 0 Å². The molecule has 0 aliphatic rings. The molecule has 0 radical (unpaired) electrons. The number of furan rings is 1. The number of fused-ring (bicyclic) bond motifs is 1. The molecule has 1 aromatic heterocycles. The predicted molar refractivity (Wildman–Crippen MR) is 138 cm³/mol. The fourth-order valence-corrected chi connectivity index (χ4v) is 4.77. The van der Waals surface area contributed by atoms with Crippen LogP contribution >= 0.6 is 11.8 Å². The Morgan fingerprint density at radius 1 is 1.05 bits per heavy atom. The average Bonchev–Trinajstić information content (AvgIpc) is 3.27. The van der Waals surface area contributed by atoms with Crippen LogP contribution in [0.25, 0.3) is 22.3 Å². The SMILES string of the molecule is C=CC(=O)OCC(C)(CSc1ccc2cc(-c3ccc(CCCCC)cc3OC(F)(F)F)oc2c1)C(F)(F)F. The second kappa shape index (κ2) is 12.4. The molecule has 0 aliphatic carbocycles. The van der Waals surface area contributed by atoms with E-state index in [2.05, 4.69) is 16.1 Å². The zero-order valence-corrected chi connectivity index (χ0v) is 22.2. The second-order valence-corrected chi connectivity index (χ2v) is 10.4. The van der Waals surface area contributed by atoms with Gasteiger partial charge in [0.1, 0.15) is 29.1 Å². The number of hydrogen-bond acceptors (Lipinski definition) is 5. The molecular formula is C28H28F6O4S. The number of esters is 1. The maximum atomic E-state index is 13.7. The van der Waals surface area contributed by atoms with Gasteiger partial charge >= 0.3 is 18.5 Å². The van der Waals surface area contributed by atoms with E-state index in [-0.39, 0.29) is 22.7 Å². The van der Waals surface area contributed by atoms with E-state index in [1.165, 1.54) is 18.2 Å². The number of hydrogen-bond donors (Lipinski definition) is 0. The van der Waals surface area contributed by atoms with E-state index < -0.39 is 36.3 Å². The first-order valence-corrected chi connectivity index (χ1v) is 13.1. The third kappa shape index (κ3) is 8.20. The molecular weight excluding hydrogens is 546 g/mol. The van der Waals surface area contributed by atoms with Gasteiger partial charge in [0.15, 0.2) is 0 Å². The molecule has 1 atom stereocenters. The van der Waals surface area contributed by atoms with E-state index in [0.29, 0.717) is 22.3 Å². The van der Waals surface area contributed by atoms with Gasteiger partial charge in [0.2, 0.25) is 0 Å². The molecule has 0 aliphatic heterocycles. The molecule has 1 heterocycles. The van der Waals surface area contributed by atoms with Gasteiger partial charge in [-0.05, 0) is 61.7 Å². The van der Waals surface area contributed by atoms with Crippen LogP contribution in [0.4, 0.5) is 26.3 Å². The molecule has 3 rings (SSSR count). The molecule has 0 saturated heterocycles. The summed E-state index contributed by atoms with van der Waals surface area (Å²) in [6, 6.07) is 10.8. The van der Waals surface area contributed by atoms with Gasteiger partial charge in [0.25, 0.3) is 0 Å². The molecule has 0 fully saturated rings. The van der Waals surface area contributed by atoms with Crippen molar-refractivity contribution in [2.45, 2.75) is 57.0 Å². The van der Waals surface area contributed by atoms with E-state index in [0.717, 1.165) is 44.0 Å². The summed E-state index contributed by atoms with van der Waals surface area (Å²) >= 11 is 0.885. The summed E-state index contributed by atoms with van der Waals surface area (Å²) in [6.07, 6.45) is -5.41. The minimum absolute atomic E-state index is 0.102. The molecule has 0 spiro atoms. The molecule has 0 bridgehead atoms. The molecule has 11 heteroatoms. The Kier molecular flexibility index (Phi) is 9.69. The summed E-state index contributed by atoms with van der Waals surface area (Å²) < 4.78 is 95.4. The Labute approximate surface area is 226 Å². The lowest BCUT2D eigenvalue weighted by Gasteiger charge is -2.30. The highest BCUT2D eigenvalue weighted by atomic mass is 32.2. The summed E-state index contributed by atoms with van der Waals surface area (Å²) in [7, 11) is 0. The quantitative estimate of drug-likeness (QED) is 0.0710. The van der Waals surface area contributed by atoms with Crippen molar-refractivity contribution in [1.29, 1.82) is 0 Å². The number of rotatable bonds is 12. The van der Waals surface area contributed by atoms with Crippen LogP contribution in [-0.4, -0.2) is 30.9 Å². The van der Waals surface area contributed by atoms with Crippen LogP contribution in [0.1, 0.15) is 38.7 Å². The highest BCUT2D eigenvalue weighted by Gasteiger charge is 2.52. The molecule has 3 aromatic rings. The Balaban J connectivity index is 1.86. The molecule has 0 N–H and O–H groups in total. The first-order chi connectivity index (χ1) is 18.2. The van der Waals surface area contributed by atoms with Crippen molar-refractivity contribution in [3.05, 3.63) is 60.7 Å². The number of benzene rings is 2. The summed E-state index contributed by atoms with van der Waals surface area (Å²) in [6.45, 7) is 5.28. The van der Waals surface area contributed by atoms with Gasteiger partial charge in [-0.15, -0.1) is 24.9 Å². The van der Waals surface area contributed by atoms with Crippen molar-refractivity contribution in [1.82, 2.24) is 0 Å². The number of carbonyl (C=O) groups excluding carboxylic acids is 1. The summed E-state index contributed by atoms with van der Waals surface area (Å²) in [5.74, 6) is -1.67. The fourth-order valence-electron chi connectivity index (χ4n) is 3.69. The largest absolute Gasteiger partial charge is 0.573 e. The lowest BCUT2D eigenvalue weighted by atomic mass is 9.94. The number of halogens is 6. The number of alkyl halides is 6. The first kappa shape index (κ1) is 30.5. The highest BCUT2D eigenvalue weighted by molar-refractivity contribution is 7.99. The molecule has 1 unspecified atom stereocenters. The van der Waals surface area contributed by atoms with Crippen molar-refractivity contribution in [2.24, 2.45) is 5.41 Å². The minimum Gasteiger partial charge on any atom is -0.462 e. The minimum atomic E-state index is -4.91. The third-order valence-corrected chi connectivity index (χ3v) is 7.41. The number of unbranched alkanes of at least 4 members (excludes halogenated alkanes) is 2. The van der Waals surface area contributed by atoms with Crippen LogP contribution < -0.4 is 4.74 Å². The van der Waals surface area contributed by atoms with E-state index in [1.54, 1.807) is 24.3 Å². The summed E-state index contributed by atoms with van der Waals surface area (Å²) in [5, 5.41) is 0.554. The van der Waals surface area contributed by atoms with Crippen LogP contribution in [0.3, 0.4) is 0 Å². The van der Waals surface area contributed by atoms with Crippen LogP contribution in [0.15, 0.2) is 64.4 Å². The molecule has 4 nitrogen and oxygen atoms in total. The van der Waals surface area contributed by atoms with Gasteiger partial charge in [-0.3, -0.25) is 0 Å². The van der Waals surface area contributed by atoms with Crippen molar-refractivity contribution >= 4 is 28.7 Å². The molecule has 0 amide bonds. The van der Waals surface area contributed by atoms with Gasteiger partial charge in [-0.2, -0.15) is 13.2 Å². The standard InChI is InChI=1S/C28H28F6O4S/c1-4-6-7-8-18-9-12-21(24(13-18)38-28(32,33)34)23-14-19-10-11-20(15-22(19)37-23)39-17-26(3,27(29,30)31)16-36-25(35)5-2/h5,9-15H,2,4,6-8,16-17H2,1,3H3. The van der Waals surface area contributed by atoms with Gasteiger partial charge in [-0.25, -0.2) is 4.79 Å². The molecule has 212 valence electrons. The van der Waals surface area contributed by atoms with Gasteiger partial charge in [-0.1, -0.05) is 32.4 Å². The van der Waals surface area contributed by atoms with Crippen LogP contribution in [0.2, 0.25) is 0 Å². The number of ether oxygens (including phenoxy) is 2. The lowest BCUT2D eigenvalue weighted by Crippen LogP contribution is -2.42. The van der Waals surface area contributed by atoms with Crippen molar-refractivity contribution in [3.8, 4) is 17.1 Å². The van der Waals surface area contributed by atoms with Crippen molar-refractivity contribution in [3.63, 3.8) is 0 Å². The van der Waals surface area contributed by atoms with E-state index in [9.17, 15) is 31.1 Å². The Morgan fingerprint density at radius 2 is 1.79 bits per heavy atom. The van der Waals surface area contributed by atoms with Crippen molar-refractivity contribution in [2.75, 3.05) is 12.4 Å². The van der Waals surface area contributed by atoms with Gasteiger partial charge < -0.3 is 13.9 Å². The summed E-state index contributed by atoms with van der Waals surface area (Å²) in [4.78, 5) is 11.7. The maximum absolute atomic E-state index is 13.7. The third-order valence-electron chi connectivity index (χ3n) is 6.04. The number of thioether (sulfide) groups is 1. The fraction of sp³-hybridized carbons (Fsp3) is 0.393. The second-order valence-electron chi connectivity index (χ2n) is 9.30. The normalized spacial score (nSPS) is 13.7. The number of carbonyl (C=O) groups is 1. The zero-order chi connectivity index (χ0) is 28.8. The molecule has 39 heavy (non-hydrogen) atoms. The highest BCUT2D eigenvalue weighted by Crippen LogP contribution is 2.43. The smallest absolute Gasteiger partial charge is 0.462 e. The number of aryl methyl sites for hydroxylation is 1. The Morgan fingerprint density at radius 3 is 2.44 bits per heavy atom. The Bertz CT molecular complexity index is 1300. The van der Waals surface area contributed by atoms with Crippen LogP contribution in [0, 0.1) is 5.41 Å². The predicted octanol–water partition coefficient (Wildman–Crippen LogP) is 9.12. The van der Waals surface area contributed by atoms with Gasteiger partial charge in [0.05, 0.1) is 5.56 Å². The zero-order valence-electron chi connectivity index (χ0n) is 21.4. The van der Waals surface area contributed by atoms with Gasteiger partial charge in [0, 0.05) is 22.1 Å². The van der Waals surface area contributed by atoms with Crippen LogP contribution in [-0.2, 0) is 16.0 Å².